The van der Waals surface area contributed by atoms with Crippen molar-refractivity contribution >= 4 is 22.4 Å². The van der Waals surface area contributed by atoms with Crippen LogP contribution in [0.2, 0.25) is 0 Å². The fraction of sp³-hybridized carbons (Fsp3) is 0.136. The van der Waals surface area contributed by atoms with E-state index in [9.17, 15) is 4.79 Å². The Bertz CT molecular complexity index is 1240. The molecule has 4 rings (SSSR count). The van der Waals surface area contributed by atoms with Crippen LogP contribution in [0.25, 0.3) is 22.4 Å². The quantitative estimate of drug-likeness (QED) is 0.441. The van der Waals surface area contributed by atoms with Gasteiger partial charge in [0, 0.05) is 5.56 Å². The normalized spacial score (nSPS) is 11.7. The van der Waals surface area contributed by atoms with Gasteiger partial charge in [0.1, 0.15) is 18.1 Å². The number of aromatic nitrogens is 3. The van der Waals surface area contributed by atoms with Crippen LogP contribution in [0.3, 0.4) is 0 Å². The Morgan fingerprint density at radius 1 is 1.07 bits per heavy atom. The van der Waals surface area contributed by atoms with Gasteiger partial charge in [0.25, 0.3) is 5.56 Å². The number of benzene rings is 2. The second-order valence-corrected chi connectivity index (χ2v) is 7.18. The molecule has 4 aromatic rings. The van der Waals surface area contributed by atoms with E-state index in [1.165, 1.54) is 15.9 Å². The second kappa shape index (κ2) is 8.28. The number of ether oxygens (including phenoxy) is 2. The zero-order valence-corrected chi connectivity index (χ0v) is 16.7. The van der Waals surface area contributed by atoms with Crippen molar-refractivity contribution < 1.29 is 9.47 Å². The zero-order chi connectivity index (χ0) is 20.2. The molecule has 0 radical (unpaired) electrons. The lowest BCUT2D eigenvalue weighted by Gasteiger charge is -2.02. The molecule has 7 heteroatoms. The maximum Gasteiger partial charge on any atom is 0.291 e. The molecule has 0 saturated heterocycles. The summed E-state index contributed by atoms with van der Waals surface area (Å²) >= 11 is 1.32. The molecular weight excluding hydrogens is 386 g/mol. The van der Waals surface area contributed by atoms with Crippen LogP contribution in [0, 0.1) is 0 Å². The maximum absolute atomic E-state index is 12.7. The fourth-order valence-corrected chi connectivity index (χ4v) is 3.70. The molecule has 0 aliphatic rings. The van der Waals surface area contributed by atoms with Crippen LogP contribution >= 0.6 is 11.3 Å². The first-order valence-electron chi connectivity index (χ1n) is 9.16. The van der Waals surface area contributed by atoms with Crippen LogP contribution in [0.15, 0.2) is 66.0 Å². The molecule has 29 heavy (non-hydrogen) atoms. The summed E-state index contributed by atoms with van der Waals surface area (Å²) in [5.74, 6) is 2.07. The Morgan fingerprint density at radius 3 is 2.41 bits per heavy atom. The summed E-state index contributed by atoms with van der Waals surface area (Å²) < 4.78 is 12.9. The van der Waals surface area contributed by atoms with Crippen molar-refractivity contribution in [2.45, 2.75) is 6.92 Å². The van der Waals surface area contributed by atoms with E-state index in [0.717, 1.165) is 22.6 Å². The topological polar surface area (TPSA) is 65.7 Å². The Morgan fingerprint density at radius 2 is 1.76 bits per heavy atom. The monoisotopic (exact) mass is 405 g/mol. The molecule has 2 heterocycles. The van der Waals surface area contributed by atoms with Crippen molar-refractivity contribution in [3.63, 3.8) is 0 Å². The molecule has 0 atom stereocenters. The minimum absolute atomic E-state index is 0.179. The Balaban J connectivity index is 1.62. The lowest BCUT2D eigenvalue weighted by atomic mass is 10.2. The summed E-state index contributed by atoms with van der Waals surface area (Å²) in [6.07, 6.45) is 3.52. The van der Waals surface area contributed by atoms with Crippen LogP contribution in [0.4, 0.5) is 0 Å². The maximum atomic E-state index is 12.7. The highest BCUT2D eigenvalue weighted by molar-refractivity contribution is 7.15. The smallest absolute Gasteiger partial charge is 0.291 e. The SMILES string of the molecule is C=CCOc1ccc(C=c2sc3nc(-c4ccc(OCC)cc4)nn3c2=O)cc1. The van der Waals surface area contributed by atoms with E-state index in [1.54, 1.807) is 6.08 Å². The van der Waals surface area contributed by atoms with Gasteiger partial charge in [-0.25, -0.2) is 0 Å². The van der Waals surface area contributed by atoms with Gasteiger partial charge in [-0.05, 0) is 55.0 Å². The van der Waals surface area contributed by atoms with Gasteiger partial charge in [0.15, 0.2) is 5.82 Å². The van der Waals surface area contributed by atoms with Crippen molar-refractivity contribution in [1.29, 1.82) is 0 Å². The van der Waals surface area contributed by atoms with E-state index in [4.69, 9.17) is 9.47 Å². The van der Waals surface area contributed by atoms with Gasteiger partial charge >= 0.3 is 0 Å². The average molecular weight is 405 g/mol. The third kappa shape index (κ3) is 4.05. The van der Waals surface area contributed by atoms with Gasteiger partial charge in [0.2, 0.25) is 4.96 Å². The first kappa shape index (κ1) is 18.9. The highest BCUT2D eigenvalue weighted by atomic mass is 32.1. The number of fused-ring (bicyclic) bond motifs is 1. The minimum Gasteiger partial charge on any atom is -0.494 e. The zero-order valence-electron chi connectivity index (χ0n) is 15.9. The van der Waals surface area contributed by atoms with E-state index in [1.807, 2.05) is 61.5 Å². The molecule has 0 aliphatic heterocycles. The number of thiazole rings is 1. The third-order valence-electron chi connectivity index (χ3n) is 4.15. The molecule has 0 bridgehead atoms. The molecule has 6 nitrogen and oxygen atoms in total. The lowest BCUT2D eigenvalue weighted by Crippen LogP contribution is -2.23. The number of rotatable bonds is 7. The summed E-state index contributed by atoms with van der Waals surface area (Å²) in [6.45, 7) is 6.63. The summed E-state index contributed by atoms with van der Waals surface area (Å²) in [4.78, 5) is 17.8. The van der Waals surface area contributed by atoms with Gasteiger partial charge in [-0.3, -0.25) is 4.79 Å². The van der Waals surface area contributed by atoms with Gasteiger partial charge in [0.05, 0.1) is 11.1 Å². The van der Waals surface area contributed by atoms with Crippen LogP contribution in [-0.4, -0.2) is 27.8 Å². The van der Waals surface area contributed by atoms with Crippen LogP contribution < -0.4 is 19.6 Å². The molecule has 2 aromatic heterocycles. The molecule has 0 amide bonds. The Labute approximate surface area is 171 Å². The Hall–Kier alpha value is -3.45. The summed E-state index contributed by atoms with van der Waals surface area (Å²) in [6, 6.07) is 15.0. The molecule has 0 aliphatic carbocycles. The van der Waals surface area contributed by atoms with Crippen LogP contribution in [0.5, 0.6) is 11.5 Å². The van der Waals surface area contributed by atoms with E-state index in [2.05, 4.69) is 16.7 Å². The molecule has 2 aromatic carbocycles. The standard InChI is InChI=1S/C22H19N3O3S/c1-3-13-28-18-9-5-15(6-10-18)14-19-21(26)25-22(29-19)23-20(24-25)16-7-11-17(12-8-16)27-4-2/h3,5-12,14H,1,4,13H2,2H3. The van der Waals surface area contributed by atoms with E-state index < -0.39 is 0 Å². The third-order valence-corrected chi connectivity index (χ3v) is 5.11. The number of hydrogen-bond donors (Lipinski definition) is 0. The van der Waals surface area contributed by atoms with Gasteiger partial charge in [-0.2, -0.15) is 9.50 Å². The molecule has 0 fully saturated rings. The number of nitrogens with zero attached hydrogens (tertiary/aromatic N) is 3. The predicted octanol–water partition coefficient (Wildman–Crippen LogP) is 3.33. The van der Waals surface area contributed by atoms with Gasteiger partial charge in [-0.1, -0.05) is 36.1 Å². The molecule has 0 spiro atoms. The van der Waals surface area contributed by atoms with Crippen molar-refractivity contribution in [2.24, 2.45) is 0 Å². The van der Waals surface area contributed by atoms with Crippen LogP contribution in [-0.2, 0) is 0 Å². The summed E-state index contributed by atoms with van der Waals surface area (Å²) in [7, 11) is 0. The first-order chi connectivity index (χ1) is 14.2. The molecule has 146 valence electrons. The largest absolute Gasteiger partial charge is 0.494 e. The van der Waals surface area contributed by atoms with E-state index in [0.29, 0.717) is 28.5 Å². The Kier molecular flexibility index (Phi) is 5.39. The summed E-state index contributed by atoms with van der Waals surface area (Å²) in [5.41, 5.74) is 1.57. The average Bonchev–Trinajstić information content (AvgIpc) is 3.28. The van der Waals surface area contributed by atoms with Crippen LogP contribution in [0.1, 0.15) is 12.5 Å². The van der Waals surface area contributed by atoms with Crippen molar-refractivity contribution in [2.75, 3.05) is 13.2 Å². The molecular formula is C22H19N3O3S. The lowest BCUT2D eigenvalue weighted by molar-refractivity contribution is 0.340. The number of hydrogen-bond acceptors (Lipinski definition) is 6. The first-order valence-corrected chi connectivity index (χ1v) is 9.98. The van der Waals surface area contributed by atoms with E-state index in [-0.39, 0.29) is 5.56 Å². The van der Waals surface area contributed by atoms with Crippen molar-refractivity contribution in [1.82, 2.24) is 14.6 Å². The second-order valence-electron chi connectivity index (χ2n) is 6.17. The summed E-state index contributed by atoms with van der Waals surface area (Å²) in [5, 5.41) is 4.38. The minimum atomic E-state index is -0.179. The highest BCUT2D eigenvalue weighted by Gasteiger charge is 2.12. The van der Waals surface area contributed by atoms with E-state index >= 15 is 0 Å². The van der Waals surface area contributed by atoms with Crippen molar-refractivity contribution in [3.8, 4) is 22.9 Å². The molecule has 0 unspecified atom stereocenters. The van der Waals surface area contributed by atoms with Gasteiger partial charge < -0.3 is 9.47 Å². The molecule has 0 N–H and O–H groups in total. The fourth-order valence-electron chi connectivity index (χ4n) is 2.79. The molecule has 0 saturated carbocycles. The van der Waals surface area contributed by atoms with Gasteiger partial charge in [-0.15, -0.1) is 5.10 Å². The highest BCUT2D eigenvalue weighted by Crippen LogP contribution is 2.20. The predicted molar refractivity (Wildman–Crippen MR) is 115 cm³/mol. The van der Waals surface area contributed by atoms with Crippen molar-refractivity contribution in [3.05, 3.63) is 81.6 Å².